The Morgan fingerprint density at radius 2 is 2.17 bits per heavy atom. The van der Waals surface area contributed by atoms with Crippen LogP contribution < -0.4 is 11.5 Å². The molecule has 1 unspecified atom stereocenters. The highest BCUT2D eigenvalue weighted by atomic mass is 32.2. The molecule has 0 radical (unpaired) electrons. The Balaban J connectivity index is 2.23. The number of nitrogen functional groups attached to an aromatic ring is 1. The number of fused-ring (bicyclic) bond motifs is 1. The molecular formula is C9H14N6O2S. The lowest BCUT2D eigenvalue weighted by molar-refractivity contribution is 0.588. The number of hydrogen-bond acceptors (Lipinski definition) is 7. The first-order valence-corrected chi connectivity index (χ1v) is 7.32. The summed E-state index contributed by atoms with van der Waals surface area (Å²) in [6, 6.07) is -0.506. The Morgan fingerprint density at radius 1 is 1.44 bits per heavy atom. The molecule has 0 aliphatic rings. The monoisotopic (exact) mass is 270 g/mol. The summed E-state index contributed by atoms with van der Waals surface area (Å²) in [7, 11) is -3.04. The van der Waals surface area contributed by atoms with Crippen molar-refractivity contribution in [1.82, 2.24) is 19.9 Å². The van der Waals surface area contributed by atoms with E-state index in [4.69, 9.17) is 11.5 Å². The molecule has 0 spiro atoms. The lowest BCUT2D eigenvalue weighted by Crippen LogP contribution is -2.16. The van der Waals surface area contributed by atoms with Gasteiger partial charge >= 0.3 is 0 Å². The molecule has 0 saturated heterocycles. The number of imidazole rings is 1. The van der Waals surface area contributed by atoms with Gasteiger partial charge in [0.2, 0.25) is 0 Å². The molecule has 2 rings (SSSR count). The molecule has 8 nitrogen and oxygen atoms in total. The quantitative estimate of drug-likeness (QED) is 0.671. The van der Waals surface area contributed by atoms with Crippen LogP contribution in [0.5, 0.6) is 0 Å². The molecule has 0 aliphatic carbocycles. The molecule has 0 amide bonds. The van der Waals surface area contributed by atoms with E-state index in [9.17, 15) is 8.42 Å². The average Bonchev–Trinajstić information content (AvgIpc) is 2.70. The summed E-state index contributed by atoms with van der Waals surface area (Å²) in [5, 5.41) is 0. The van der Waals surface area contributed by atoms with Crippen LogP contribution in [-0.2, 0) is 9.84 Å². The van der Waals surface area contributed by atoms with Crippen molar-refractivity contribution >= 4 is 26.8 Å². The Morgan fingerprint density at radius 3 is 2.78 bits per heavy atom. The molecule has 0 bridgehead atoms. The number of aromatic amines is 1. The zero-order valence-electron chi connectivity index (χ0n) is 9.79. The van der Waals surface area contributed by atoms with Gasteiger partial charge in [0.25, 0.3) is 0 Å². The summed E-state index contributed by atoms with van der Waals surface area (Å²) in [5.41, 5.74) is 12.5. The third-order valence-corrected chi connectivity index (χ3v) is 3.46. The van der Waals surface area contributed by atoms with Crippen LogP contribution in [0.15, 0.2) is 6.33 Å². The third-order valence-electron chi connectivity index (χ3n) is 2.49. The first-order chi connectivity index (χ1) is 8.37. The van der Waals surface area contributed by atoms with E-state index < -0.39 is 15.9 Å². The molecule has 2 heterocycles. The van der Waals surface area contributed by atoms with E-state index in [0.717, 1.165) is 0 Å². The second-order valence-corrected chi connectivity index (χ2v) is 6.36. The van der Waals surface area contributed by atoms with E-state index in [-0.39, 0.29) is 18.0 Å². The largest absolute Gasteiger partial charge is 0.382 e. The average molecular weight is 270 g/mol. The van der Waals surface area contributed by atoms with Crippen molar-refractivity contribution in [3.63, 3.8) is 0 Å². The molecule has 0 aliphatic heterocycles. The van der Waals surface area contributed by atoms with Crippen LogP contribution in [0.4, 0.5) is 5.82 Å². The van der Waals surface area contributed by atoms with Crippen molar-refractivity contribution in [2.45, 2.75) is 12.5 Å². The van der Waals surface area contributed by atoms with E-state index in [1.807, 2.05) is 0 Å². The fourth-order valence-electron chi connectivity index (χ4n) is 1.52. The van der Waals surface area contributed by atoms with E-state index in [0.29, 0.717) is 17.0 Å². The Kier molecular flexibility index (Phi) is 3.18. The molecule has 0 aromatic carbocycles. The molecule has 5 N–H and O–H groups in total. The van der Waals surface area contributed by atoms with Gasteiger partial charge < -0.3 is 16.5 Å². The fraction of sp³-hybridized carbons (Fsp3) is 0.444. The van der Waals surface area contributed by atoms with Gasteiger partial charge in [-0.3, -0.25) is 0 Å². The number of sulfone groups is 1. The predicted molar refractivity (Wildman–Crippen MR) is 67.4 cm³/mol. The van der Waals surface area contributed by atoms with Gasteiger partial charge in [0, 0.05) is 6.26 Å². The third kappa shape index (κ3) is 2.74. The van der Waals surface area contributed by atoms with Gasteiger partial charge in [-0.1, -0.05) is 0 Å². The molecule has 2 aromatic heterocycles. The smallest absolute Gasteiger partial charge is 0.183 e. The molecule has 0 saturated carbocycles. The maximum absolute atomic E-state index is 11.1. The Hall–Kier alpha value is -1.74. The maximum Gasteiger partial charge on any atom is 0.183 e. The maximum atomic E-state index is 11.1. The van der Waals surface area contributed by atoms with Crippen molar-refractivity contribution in [2.75, 3.05) is 17.7 Å². The van der Waals surface area contributed by atoms with Gasteiger partial charge in [0.05, 0.1) is 11.8 Å². The lowest BCUT2D eigenvalue weighted by Gasteiger charge is -2.06. The van der Waals surface area contributed by atoms with E-state index >= 15 is 0 Å². The highest BCUT2D eigenvalue weighted by molar-refractivity contribution is 7.90. The minimum absolute atomic E-state index is 0.00632. The van der Waals surface area contributed by atoms with Crippen LogP contribution in [0, 0.1) is 0 Å². The molecule has 18 heavy (non-hydrogen) atoms. The van der Waals surface area contributed by atoms with Gasteiger partial charge in [-0.25, -0.2) is 23.4 Å². The van der Waals surface area contributed by atoms with E-state index in [2.05, 4.69) is 19.9 Å². The topological polar surface area (TPSA) is 141 Å². The van der Waals surface area contributed by atoms with Crippen LogP contribution in [0.25, 0.3) is 11.2 Å². The van der Waals surface area contributed by atoms with Crippen LogP contribution in [0.3, 0.4) is 0 Å². The van der Waals surface area contributed by atoms with Crippen LogP contribution in [0.2, 0.25) is 0 Å². The van der Waals surface area contributed by atoms with Gasteiger partial charge in [0.15, 0.2) is 11.5 Å². The molecule has 0 fully saturated rings. The van der Waals surface area contributed by atoms with Crippen molar-refractivity contribution in [3.8, 4) is 0 Å². The molecule has 2 aromatic rings. The second kappa shape index (κ2) is 4.50. The number of H-pyrrole nitrogens is 1. The first kappa shape index (κ1) is 12.7. The van der Waals surface area contributed by atoms with Crippen molar-refractivity contribution in [2.24, 2.45) is 5.73 Å². The first-order valence-electron chi connectivity index (χ1n) is 5.26. The normalized spacial score (nSPS) is 13.9. The lowest BCUT2D eigenvalue weighted by atomic mass is 10.2. The summed E-state index contributed by atoms with van der Waals surface area (Å²) in [5.74, 6) is 0.752. The summed E-state index contributed by atoms with van der Waals surface area (Å²) in [6.45, 7) is 0. The number of hydrogen-bond donors (Lipinski definition) is 3. The minimum Gasteiger partial charge on any atom is -0.382 e. The highest BCUT2D eigenvalue weighted by Crippen LogP contribution is 2.18. The van der Waals surface area contributed by atoms with Gasteiger partial charge in [-0.2, -0.15) is 0 Å². The number of nitrogens with zero attached hydrogens (tertiary/aromatic N) is 3. The predicted octanol–water partition coefficient (Wildman–Crippen LogP) is -0.630. The summed E-state index contributed by atoms with van der Waals surface area (Å²) >= 11 is 0. The van der Waals surface area contributed by atoms with Gasteiger partial charge in [-0.05, 0) is 6.42 Å². The van der Waals surface area contributed by atoms with E-state index in [1.54, 1.807) is 0 Å². The zero-order chi connectivity index (χ0) is 13.3. The number of anilines is 1. The van der Waals surface area contributed by atoms with Crippen LogP contribution in [-0.4, -0.2) is 40.4 Å². The number of rotatable bonds is 4. The SMILES string of the molecule is CS(=O)(=O)CCC(N)c1nc2ncnc(N)c2[nH]1. The molecule has 98 valence electrons. The highest BCUT2D eigenvalue weighted by Gasteiger charge is 2.15. The molecule has 9 heteroatoms. The van der Waals surface area contributed by atoms with Crippen LogP contribution in [0.1, 0.15) is 18.3 Å². The van der Waals surface area contributed by atoms with Crippen LogP contribution >= 0.6 is 0 Å². The van der Waals surface area contributed by atoms with Crippen molar-refractivity contribution in [1.29, 1.82) is 0 Å². The number of nitrogens with one attached hydrogen (secondary N) is 1. The van der Waals surface area contributed by atoms with E-state index in [1.165, 1.54) is 12.6 Å². The Labute approximate surface area is 104 Å². The van der Waals surface area contributed by atoms with Gasteiger partial charge in [0.1, 0.15) is 27.5 Å². The van der Waals surface area contributed by atoms with Crippen molar-refractivity contribution in [3.05, 3.63) is 12.2 Å². The second-order valence-electron chi connectivity index (χ2n) is 4.10. The molecular weight excluding hydrogens is 256 g/mol. The fourth-order valence-corrected chi connectivity index (χ4v) is 2.20. The standard InChI is InChI=1S/C9H14N6O2S/c1-18(16,17)3-2-5(10)8-14-6-7(11)12-4-13-9(6)15-8/h4-5H,2-3,10H2,1H3,(H3,11,12,13,14,15). The molecule has 1 atom stereocenters. The Bertz CT molecular complexity index is 665. The summed E-state index contributed by atoms with van der Waals surface area (Å²) < 4.78 is 22.1. The zero-order valence-corrected chi connectivity index (χ0v) is 10.6. The number of aromatic nitrogens is 4. The number of nitrogens with two attached hydrogens (primary N) is 2. The summed E-state index contributed by atoms with van der Waals surface area (Å²) in [6.07, 6.45) is 2.76. The minimum atomic E-state index is -3.04. The van der Waals surface area contributed by atoms with Gasteiger partial charge in [-0.15, -0.1) is 0 Å². The van der Waals surface area contributed by atoms with Crippen molar-refractivity contribution < 1.29 is 8.42 Å². The summed E-state index contributed by atoms with van der Waals surface area (Å²) in [4.78, 5) is 14.9.